The summed E-state index contributed by atoms with van der Waals surface area (Å²) in [6.07, 6.45) is 18.7. The molecule has 0 N–H and O–H groups in total. The van der Waals surface area contributed by atoms with Gasteiger partial charge in [0.2, 0.25) is 0 Å². The van der Waals surface area contributed by atoms with Gasteiger partial charge >= 0.3 is 57.0 Å². The van der Waals surface area contributed by atoms with Crippen LogP contribution in [0.5, 0.6) is 0 Å². The molecule has 0 spiro atoms. The molecule has 0 aromatic carbocycles. The van der Waals surface area contributed by atoms with Crippen LogP contribution in [0.4, 0.5) is 0 Å². The molecule has 0 saturated heterocycles. The maximum absolute atomic E-state index is 4.25. The summed E-state index contributed by atoms with van der Waals surface area (Å²) in [5, 5.41) is 0. The van der Waals surface area contributed by atoms with Crippen molar-refractivity contribution in [3.8, 4) is 0 Å². The Morgan fingerprint density at radius 3 is 1.83 bits per heavy atom. The van der Waals surface area contributed by atoms with Crippen LogP contribution in [0.1, 0.15) is 106 Å². The number of hydrogen-bond donors (Lipinski definition) is 0. The van der Waals surface area contributed by atoms with Gasteiger partial charge in [0, 0.05) is 0 Å². The van der Waals surface area contributed by atoms with E-state index in [4.69, 9.17) is 0 Å². The summed E-state index contributed by atoms with van der Waals surface area (Å²) in [4.78, 5) is 0. The van der Waals surface area contributed by atoms with E-state index in [0.29, 0.717) is 0 Å². The van der Waals surface area contributed by atoms with Gasteiger partial charge in [-0.25, -0.2) is 0 Å². The fourth-order valence-corrected chi connectivity index (χ4v) is 3.19. The minimum absolute atomic E-state index is 0.258. The summed E-state index contributed by atoms with van der Waals surface area (Å²) in [5.74, 6) is 1.97. The van der Waals surface area contributed by atoms with E-state index in [-0.39, 0.29) is 5.54 Å². The van der Waals surface area contributed by atoms with E-state index in [9.17, 15) is 0 Å². The Hall–Kier alpha value is 0.540. The first-order chi connectivity index (χ1) is 11.4. The van der Waals surface area contributed by atoms with E-state index in [0.717, 1.165) is 39.1 Å². The molecule has 2 saturated carbocycles. The second kappa shape index (κ2) is 18.3. The average Bonchev–Trinajstić information content (AvgIpc) is 2.66. The van der Waals surface area contributed by atoms with Crippen LogP contribution in [0.15, 0.2) is 3.34 Å². The van der Waals surface area contributed by atoms with Crippen molar-refractivity contribution in [1.29, 1.82) is 0 Å². The third-order valence-corrected chi connectivity index (χ3v) is 6.78. The fraction of sp³-hybridized carbons (Fsp3) is 0.864. The quantitative estimate of drug-likeness (QED) is 0.347. The maximum atomic E-state index is 4.25. The van der Waals surface area contributed by atoms with Crippen molar-refractivity contribution in [3.05, 3.63) is 19.8 Å². The molecule has 0 heterocycles. The molecule has 0 radical (unpaired) electrons. The molecule has 2 aliphatic carbocycles. The Morgan fingerprint density at radius 2 is 1.62 bits per heavy atom. The van der Waals surface area contributed by atoms with E-state index in [1.54, 1.807) is 6.92 Å². The largest absolute Gasteiger partial charge is 0.346 e. The molecule has 2 atom stereocenters. The zero-order chi connectivity index (χ0) is 18.8. The summed E-state index contributed by atoms with van der Waals surface area (Å²) in [5.41, 5.74) is 0.258. The predicted octanol–water partition coefficient (Wildman–Crippen LogP) is 7.94. The number of rotatable bonds is 3. The molecule has 0 aromatic rings. The Balaban J connectivity index is 0. The van der Waals surface area contributed by atoms with Gasteiger partial charge in [-0.3, -0.25) is 0 Å². The summed E-state index contributed by atoms with van der Waals surface area (Å²) in [6, 6.07) is 0. The first-order valence-corrected chi connectivity index (χ1v) is 11.6. The van der Waals surface area contributed by atoms with Gasteiger partial charge in [0.25, 0.3) is 0 Å². The number of hydrogen-bond acceptors (Lipinski definition) is 1. The van der Waals surface area contributed by atoms with Crippen LogP contribution in [0.2, 0.25) is 0 Å². The van der Waals surface area contributed by atoms with Crippen LogP contribution in [-0.4, -0.2) is 5.54 Å². The topological polar surface area (TPSA) is 12.4 Å². The van der Waals surface area contributed by atoms with E-state index < -0.39 is 0 Å². The van der Waals surface area contributed by atoms with Gasteiger partial charge in [0.15, 0.2) is 0 Å². The molecule has 0 bridgehead atoms. The fourth-order valence-electron chi connectivity index (χ4n) is 2.68. The smallest absolute Gasteiger partial charge is 0.0527 e. The average molecular weight is 504 g/mol. The van der Waals surface area contributed by atoms with Crippen molar-refractivity contribution < 1.29 is 20.9 Å². The molecule has 2 rings (SSSR count). The van der Waals surface area contributed by atoms with Gasteiger partial charge < -0.3 is 19.8 Å². The van der Waals surface area contributed by atoms with E-state index in [1.807, 2.05) is 0 Å². The van der Waals surface area contributed by atoms with Crippen molar-refractivity contribution >= 4 is 0 Å². The zero-order valence-electron chi connectivity index (χ0n) is 17.5. The molecule has 1 nitrogen and oxygen atoms in total. The van der Waals surface area contributed by atoms with Crippen LogP contribution in [0.3, 0.4) is 0 Å². The normalized spacial score (nSPS) is 23.2. The zero-order valence-corrected chi connectivity index (χ0v) is 20.7. The van der Waals surface area contributed by atoms with Gasteiger partial charge in [-0.15, -0.1) is 0 Å². The van der Waals surface area contributed by atoms with Crippen molar-refractivity contribution in [2.24, 2.45) is 15.2 Å². The number of nitrogens with zero attached hydrogens (tertiary/aromatic N) is 1. The van der Waals surface area contributed by atoms with Gasteiger partial charge in [-0.05, 0) is 0 Å². The summed E-state index contributed by atoms with van der Waals surface area (Å²) >= 11 is 1.16. The third-order valence-electron chi connectivity index (χ3n) is 4.83. The SMILES string of the molecule is CCC(C)(C)[N]=[Ta].CCC1C[CH-]CC(C)C1.[CH-]1CCCCC1.[CH2-]C. The minimum Gasteiger partial charge on any atom is -0.346 e. The third kappa shape index (κ3) is 17.4. The van der Waals surface area contributed by atoms with Crippen LogP contribution in [0, 0.1) is 31.6 Å². The van der Waals surface area contributed by atoms with Crippen molar-refractivity contribution in [2.75, 3.05) is 0 Å². The molecule has 2 aliphatic rings. The van der Waals surface area contributed by atoms with E-state index in [2.05, 4.69) is 57.7 Å². The molecule has 0 aliphatic heterocycles. The first-order valence-electron chi connectivity index (χ1n) is 10.2. The Labute approximate surface area is 166 Å². The van der Waals surface area contributed by atoms with Crippen LogP contribution >= 0.6 is 0 Å². The molecule has 0 aromatic heterocycles. The molecule has 2 fully saturated rings. The van der Waals surface area contributed by atoms with Crippen molar-refractivity contribution in [1.82, 2.24) is 0 Å². The first kappa shape index (κ1) is 26.8. The van der Waals surface area contributed by atoms with Crippen LogP contribution < -0.4 is 0 Å². The van der Waals surface area contributed by atoms with Gasteiger partial charge in [0.05, 0.1) is 0 Å². The molecule has 145 valence electrons. The second-order valence-electron chi connectivity index (χ2n) is 7.57. The predicted molar refractivity (Wildman–Crippen MR) is 106 cm³/mol. The minimum atomic E-state index is 0.258. The molecule has 2 heteroatoms. The Morgan fingerprint density at radius 1 is 1.04 bits per heavy atom. The summed E-state index contributed by atoms with van der Waals surface area (Å²) < 4.78 is 4.25. The standard InChI is InChI=1S/C9H17.C6H11.C5H11N.C2H5.Ta/c1-3-9-6-4-5-8(2)7-9;1-2-4-6-5-3-1;1-4-5(2,3)6;1-2;/h4,8-9H,3,5-7H2,1-2H3;1H,2-6H2;4H2,1-3H3;1H2,2H3;/q2*-1;;-1;. The molecule has 2 unspecified atom stereocenters. The molecule has 24 heavy (non-hydrogen) atoms. The Bertz CT molecular complexity index is 247. The maximum Gasteiger partial charge on any atom is -0.0527 e. The monoisotopic (exact) mass is 503 g/mol. The van der Waals surface area contributed by atoms with Gasteiger partial charge in [0.1, 0.15) is 0 Å². The van der Waals surface area contributed by atoms with Gasteiger partial charge in [-0.2, -0.15) is 32.6 Å². The van der Waals surface area contributed by atoms with Crippen molar-refractivity contribution in [3.63, 3.8) is 0 Å². The molecular weight excluding hydrogens is 459 g/mol. The second-order valence-corrected chi connectivity index (χ2v) is 8.29. The summed E-state index contributed by atoms with van der Waals surface area (Å²) in [6.45, 7) is 16.1. The molecule has 0 amide bonds. The molecular formula is C22H44NTa-3. The van der Waals surface area contributed by atoms with E-state index >= 15 is 0 Å². The van der Waals surface area contributed by atoms with Crippen LogP contribution in [-0.2, 0) is 20.9 Å². The van der Waals surface area contributed by atoms with Crippen molar-refractivity contribution in [2.45, 2.75) is 111 Å². The van der Waals surface area contributed by atoms with Crippen LogP contribution in [0.25, 0.3) is 0 Å². The van der Waals surface area contributed by atoms with Gasteiger partial charge in [-0.1, -0.05) is 57.8 Å². The van der Waals surface area contributed by atoms with E-state index in [1.165, 1.54) is 57.8 Å². The summed E-state index contributed by atoms with van der Waals surface area (Å²) in [7, 11) is 0. The Kier molecular flexibility index (Phi) is 20.4.